The lowest BCUT2D eigenvalue weighted by Crippen LogP contribution is -2.45. The highest BCUT2D eigenvalue weighted by molar-refractivity contribution is 5.69. The lowest BCUT2D eigenvalue weighted by Gasteiger charge is -2.38. The summed E-state index contributed by atoms with van der Waals surface area (Å²) in [6, 6.07) is 0.629. The number of aliphatic hydroxyl groups excluding tert-OH is 1. The molecule has 1 rings (SSSR count). The Labute approximate surface area is 374 Å². The van der Waals surface area contributed by atoms with E-state index < -0.39 is 0 Å². The number of ether oxygens (including phenoxy) is 2. The average molecular weight is 849 g/mol. The van der Waals surface area contributed by atoms with Gasteiger partial charge in [-0.1, -0.05) is 182 Å². The van der Waals surface area contributed by atoms with Gasteiger partial charge in [-0.05, 0) is 89.1 Å². The molecule has 0 aromatic heterocycles. The Morgan fingerprint density at radius 1 is 0.467 bits per heavy atom. The number of esters is 2. The number of nitrogens with zero attached hydrogens (tertiary/aromatic N) is 2. The van der Waals surface area contributed by atoms with E-state index in [0.29, 0.717) is 43.9 Å². The number of hydrogen-bond donors (Lipinski definition) is 1. The minimum absolute atomic E-state index is 0.0102. The van der Waals surface area contributed by atoms with Crippen molar-refractivity contribution < 1.29 is 24.2 Å². The predicted molar refractivity (Wildman–Crippen MR) is 257 cm³/mol. The van der Waals surface area contributed by atoms with E-state index in [0.717, 1.165) is 71.2 Å². The first-order valence-electron chi connectivity index (χ1n) is 26.9. The molecule has 0 heterocycles. The van der Waals surface area contributed by atoms with Crippen LogP contribution in [0.25, 0.3) is 0 Å². The Hall–Kier alpha value is -1.18. The largest absolute Gasteiger partial charge is 0.465 e. The Kier molecular flexibility index (Phi) is 40.8. The second-order valence-corrected chi connectivity index (χ2v) is 19.1. The zero-order valence-electron chi connectivity index (χ0n) is 40.8. The number of carbonyl (C=O) groups excluding carboxylic acids is 2. The molecule has 0 aliphatic heterocycles. The molecule has 356 valence electrons. The van der Waals surface area contributed by atoms with Crippen molar-refractivity contribution in [3.05, 3.63) is 0 Å². The molecule has 2 atom stereocenters. The van der Waals surface area contributed by atoms with Crippen molar-refractivity contribution in [2.75, 3.05) is 52.5 Å². The van der Waals surface area contributed by atoms with Crippen molar-refractivity contribution in [3.63, 3.8) is 0 Å². The van der Waals surface area contributed by atoms with Gasteiger partial charge in [0.1, 0.15) is 0 Å². The highest BCUT2D eigenvalue weighted by Crippen LogP contribution is 2.25. The van der Waals surface area contributed by atoms with Gasteiger partial charge in [0.2, 0.25) is 0 Å². The van der Waals surface area contributed by atoms with Crippen LogP contribution in [0.15, 0.2) is 0 Å². The summed E-state index contributed by atoms with van der Waals surface area (Å²) in [5, 5.41) is 9.74. The molecule has 1 saturated carbocycles. The van der Waals surface area contributed by atoms with Crippen LogP contribution in [0.4, 0.5) is 0 Å². The van der Waals surface area contributed by atoms with Gasteiger partial charge < -0.3 is 19.5 Å². The van der Waals surface area contributed by atoms with E-state index in [1.54, 1.807) is 0 Å². The molecule has 2 unspecified atom stereocenters. The fourth-order valence-corrected chi connectivity index (χ4v) is 9.04. The van der Waals surface area contributed by atoms with E-state index >= 15 is 0 Å². The first-order valence-corrected chi connectivity index (χ1v) is 26.9. The van der Waals surface area contributed by atoms with Gasteiger partial charge >= 0.3 is 11.9 Å². The SMILES string of the molecule is CCCCCCCCCC(CCCCCC)COC(=O)CCCCCN(CCCCCC(=O)OCC(CCCCCC)CCCCCCCC)CCN(CCO)C1CCC1. The second-order valence-electron chi connectivity index (χ2n) is 19.1. The number of rotatable bonds is 47. The Balaban J connectivity index is 2.47. The third-order valence-electron chi connectivity index (χ3n) is 13.5. The number of aliphatic hydroxyl groups is 1. The summed E-state index contributed by atoms with van der Waals surface area (Å²) in [5.41, 5.74) is 0. The molecule has 1 fully saturated rings. The highest BCUT2D eigenvalue weighted by Gasteiger charge is 2.24. The quantitative estimate of drug-likeness (QED) is 0.0483. The molecule has 0 radical (unpaired) electrons. The molecule has 60 heavy (non-hydrogen) atoms. The Morgan fingerprint density at radius 3 is 1.20 bits per heavy atom. The highest BCUT2D eigenvalue weighted by atomic mass is 16.5. The third-order valence-corrected chi connectivity index (χ3v) is 13.5. The first-order chi connectivity index (χ1) is 29.5. The van der Waals surface area contributed by atoms with Crippen molar-refractivity contribution in [1.29, 1.82) is 0 Å². The van der Waals surface area contributed by atoms with Crippen LogP contribution >= 0.6 is 0 Å². The van der Waals surface area contributed by atoms with Crippen molar-refractivity contribution in [2.24, 2.45) is 11.8 Å². The minimum Gasteiger partial charge on any atom is -0.465 e. The predicted octanol–water partition coefficient (Wildman–Crippen LogP) is 14.4. The molecule has 0 spiro atoms. The molecule has 1 N–H and O–H groups in total. The molecule has 7 heteroatoms. The molecular formula is C53H104N2O5. The van der Waals surface area contributed by atoms with E-state index in [9.17, 15) is 14.7 Å². The van der Waals surface area contributed by atoms with Gasteiger partial charge in [-0.25, -0.2) is 0 Å². The first kappa shape index (κ1) is 56.8. The van der Waals surface area contributed by atoms with Crippen LogP contribution in [0.5, 0.6) is 0 Å². The minimum atomic E-state index is -0.0114. The molecule has 0 saturated heterocycles. The van der Waals surface area contributed by atoms with Crippen LogP contribution in [0.2, 0.25) is 0 Å². The van der Waals surface area contributed by atoms with E-state index in [4.69, 9.17) is 9.47 Å². The molecule has 0 aromatic rings. The number of unbranched alkanes of at least 4 members (excludes halogenated alkanes) is 21. The van der Waals surface area contributed by atoms with Crippen molar-refractivity contribution >= 4 is 11.9 Å². The van der Waals surface area contributed by atoms with E-state index in [2.05, 4.69) is 37.5 Å². The van der Waals surface area contributed by atoms with Gasteiger partial charge in [0.05, 0.1) is 19.8 Å². The van der Waals surface area contributed by atoms with Crippen molar-refractivity contribution in [2.45, 2.75) is 265 Å². The maximum Gasteiger partial charge on any atom is 0.305 e. The molecule has 7 nitrogen and oxygen atoms in total. The molecule has 0 amide bonds. The monoisotopic (exact) mass is 849 g/mol. The zero-order chi connectivity index (χ0) is 43.6. The molecule has 0 aromatic carbocycles. The lowest BCUT2D eigenvalue weighted by atomic mass is 9.91. The van der Waals surface area contributed by atoms with Crippen LogP contribution in [0, 0.1) is 11.8 Å². The van der Waals surface area contributed by atoms with Crippen LogP contribution < -0.4 is 0 Å². The summed E-state index contributed by atoms with van der Waals surface area (Å²) in [6.45, 7) is 15.4. The Bertz CT molecular complexity index is 929. The van der Waals surface area contributed by atoms with Crippen LogP contribution in [-0.4, -0.2) is 85.4 Å². The van der Waals surface area contributed by atoms with Gasteiger partial charge in [-0.15, -0.1) is 0 Å². The van der Waals surface area contributed by atoms with Crippen LogP contribution in [-0.2, 0) is 19.1 Å². The van der Waals surface area contributed by atoms with Gasteiger partial charge in [0.15, 0.2) is 0 Å². The zero-order valence-corrected chi connectivity index (χ0v) is 40.8. The third kappa shape index (κ3) is 34.3. The maximum atomic E-state index is 12.8. The second kappa shape index (κ2) is 43.1. The van der Waals surface area contributed by atoms with Crippen LogP contribution in [0.3, 0.4) is 0 Å². The molecule has 0 bridgehead atoms. The van der Waals surface area contributed by atoms with Crippen LogP contribution in [0.1, 0.15) is 259 Å². The normalized spacial score (nSPS) is 14.2. The van der Waals surface area contributed by atoms with Crippen molar-refractivity contribution in [1.82, 2.24) is 9.80 Å². The molecular weight excluding hydrogens is 745 g/mol. The van der Waals surface area contributed by atoms with Gasteiger partial charge in [-0.2, -0.15) is 0 Å². The van der Waals surface area contributed by atoms with E-state index in [1.165, 1.54) is 180 Å². The Morgan fingerprint density at radius 2 is 0.833 bits per heavy atom. The fraction of sp³-hybridized carbons (Fsp3) is 0.962. The number of carbonyl (C=O) groups is 2. The summed E-state index contributed by atoms with van der Waals surface area (Å²) in [5.74, 6) is 1.01. The summed E-state index contributed by atoms with van der Waals surface area (Å²) in [7, 11) is 0. The van der Waals surface area contributed by atoms with E-state index in [-0.39, 0.29) is 18.5 Å². The summed E-state index contributed by atoms with van der Waals surface area (Å²) in [4.78, 5) is 30.7. The fourth-order valence-electron chi connectivity index (χ4n) is 9.04. The van der Waals surface area contributed by atoms with Gasteiger partial charge in [0.25, 0.3) is 0 Å². The average Bonchev–Trinajstić information content (AvgIpc) is 3.22. The summed E-state index contributed by atoms with van der Waals surface area (Å²) >= 11 is 0. The summed E-state index contributed by atoms with van der Waals surface area (Å²) in [6.07, 6.45) is 43.1. The van der Waals surface area contributed by atoms with Gasteiger partial charge in [0, 0.05) is 38.5 Å². The standard InChI is InChI=1S/C53H104N2O5/c1-5-9-13-17-19-21-27-36-50(34-25-16-12-8-4)48-60-53(58)40-29-23-31-42-54(43-44-55(45-46-56)51-37-32-38-51)41-30-22-28-39-52(57)59-47-49(33-24-15-11-7-3)35-26-20-18-14-10-6-2/h49-51,56H,5-48H2,1-4H3. The van der Waals surface area contributed by atoms with E-state index in [1.807, 2.05) is 0 Å². The topological polar surface area (TPSA) is 79.3 Å². The number of hydrogen-bond acceptors (Lipinski definition) is 7. The summed E-state index contributed by atoms with van der Waals surface area (Å²) < 4.78 is 11.8. The lowest BCUT2D eigenvalue weighted by molar-refractivity contribution is -0.146. The molecule has 1 aliphatic rings. The smallest absolute Gasteiger partial charge is 0.305 e. The molecule has 1 aliphatic carbocycles. The van der Waals surface area contributed by atoms with Gasteiger partial charge in [-0.3, -0.25) is 14.5 Å². The van der Waals surface area contributed by atoms with Crippen molar-refractivity contribution in [3.8, 4) is 0 Å². The maximum absolute atomic E-state index is 12.8.